The molecule has 0 aromatic carbocycles. The van der Waals surface area contributed by atoms with Crippen molar-refractivity contribution in [2.24, 2.45) is 0 Å². The largest absolute Gasteiger partial charge is 0.462 e. The molecular weight excluding hydrogens is 805 g/mol. The number of carbonyl (C=O) groups excluding carboxylic acids is 3. The summed E-state index contributed by atoms with van der Waals surface area (Å²) in [5.74, 6) is -0.992. The molecule has 0 aromatic rings. The van der Waals surface area contributed by atoms with Crippen molar-refractivity contribution in [1.82, 2.24) is 0 Å². The molecule has 1 atom stereocenters. The monoisotopic (exact) mass is 901 g/mol. The van der Waals surface area contributed by atoms with Gasteiger partial charge in [-0.05, 0) is 77.0 Å². The Morgan fingerprint density at radius 1 is 0.338 bits per heavy atom. The highest BCUT2D eigenvalue weighted by atomic mass is 16.6. The van der Waals surface area contributed by atoms with Crippen LogP contribution in [-0.2, 0) is 28.6 Å². The van der Waals surface area contributed by atoms with E-state index in [1.807, 2.05) is 24.3 Å². The van der Waals surface area contributed by atoms with Gasteiger partial charge in [0.2, 0.25) is 0 Å². The fourth-order valence-electron chi connectivity index (χ4n) is 6.96. The number of hydrogen-bond acceptors (Lipinski definition) is 6. The molecule has 0 saturated heterocycles. The van der Waals surface area contributed by atoms with Crippen LogP contribution in [0.1, 0.15) is 226 Å². The zero-order valence-corrected chi connectivity index (χ0v) is 42.0. The van der Waals surface area contributed by atoms with Gasteiger partial charge in [0.15, 0.2) is 6.10 Å². The minimum Gasteiger partial charge on any atom is -0.462 e. The van der Waals surface area contributed by atoms with Crippen molar-refractivity contribution < 1.29 is 28.6 Å². The summed E-state index contributed by atoms with van der Waals surface area (Å²) in [7, 11) is 0. The number of unbranched alkanes of at least 4 members (excludes halogenated alkanes) is 20. The molecule has 0 bridgehead atoms. The molecule has 0 amide bonds. The number of hydrogen-bond donors (Lipinski definition) is 0. The molecule has 1 unspecified atom stereocenters. The van der Waals surface area contributed by atoms with Crippen LogP contribution < -0.4 is 0 Å². The number of carbonyl (C=O) groups is 3. The van der Waals surface area contributed by atoms with Crippen LogP contribution in [-0.4, -0.2) is 37.2 Å². The van der Waals surface area contributed by atoms with Crippen LogP contribution in [0.5, 0.6) is 0 Å². The molecule has 0 saturated carbocycles. The van der Waals surface area contributed by atoms with Gasteiger partial charge in [0, 0.05) is 19.3 Å². The first-order valence-corrected chi connectivity index (χ1v) is 26.4. The van der Waals surface area contributed by atoms with Crippen molar-refractivity contribution in [3.63, 3.8) is 0 Å². The Morgan fingerprint density at radius 2 is 0.692 bits per heavy atom. The Labute approximate surface area is 400 Å². The van der Waals surface area contributed by atoms with Crippen LogP contribution in [0.25, 0.3) is 0 Å². The van der Waals surface area contributed by atoms with Crippen LogP contribution >= 0.6 is 0 Å². The predicted octanol–water partition coefficient (Wildman–Crippen LogP) is 17.5. The highest BCUT2D eigenvalue weighted by Crippen LogP contribution is 2.15. The summed E-state index contributed by atoms with van der Waals surface area (Å²) < 4.78 is 16.8. The normalized spacial score (nSPS) is 13.0. The molecule has 0 aliphatic carbocycles. The third-order valence-electron chi connectivity index (χ3n) is 10.9. The first kappa shape index (κ1) is 61.1. The molecule has 0 radical (unpaired) electrons. The van der Waals surface area contributed by atoms with Crippen LogP contribution in [0.15, 0.2) is 109 Å². The molecule has 0 N–H and O–H groups in total. The first-order valence-electron chi connectivity index (χ1n) is 26.4. The number of ether oxygens (including phenoxy) is 3. The van der Waals surface area contributed by atoms with Crippen molar-refractivity contribution >= 4 is 17.9 Å². The molecule has 6 heteroatoms. The molecule has 0 rings (SSSR count). The Bertz CT molecular complexity index is 1360. The van der Waals surface area contributed by atoms with Crippen molar-refractivity contribution in [2.45, 2.75) is 232 Å². The molecule has 368 valence electrons. The Kier molecular flexibility index (Phi) is 49.5. The van der Waals surface area contributed by atoms with E-state index < -0.39 is 6.10 Å². The van der Waals surface area contributed by atoms with E-state index in [0.717, 1.165) is 103 Å². The SMILES string of the molecule is CC\C=C/C=C\C=C/C=C\CCCCCCCC(=O)OC(COC(=O)CCC/C=C\C/C=C\C/C=C\C/C=C\C/C=C\CC)COC(=O)CCCCCCCCCCCCCCCCC. The Morgan fingerprint density at radius 3 is 1.17 bits per heavy atom. The average molecular weight is 901 g/mol. The van der Waals surface area contributed by atoms with Gasteiger partial charge in [-0.2, -0.15) is 0 Å². The van der Waals surface area contributed by atoms with Crippen LogP contribution in [0.4, 0.5) is 0 Å². The van der Waals surface area contributed by atoms with Crippen molar-refractivity contribution in [1.29, 1.82) is 0 Å². The lowest BCUT2D eigenvalue weighted by Gasteiger charge is -2.18. The molecule has 0 fully saturated rings. The predicted molar refractivity (Wildman–Crippen MR) is 279 cm³/mol. The molecule has 65 heavy (non-hydrogen) atoms. The van der Waals surface area contributed by atoms with Gasteiger partial charge in [-0.1, -0.05) is 239 Å². The molecule has 6 nitrogen and oxygen atoms in total. The van der Waals surface area contributed by atoms with E-state index in [2.05, 4.69) is 106 Å². The maximum atomic E-state index is 12.8. The van der Waals surface area contributed by atoms with Crippen molar-refractivity contribution in [3.05, 3.63) is 109 Å². The van der Waals surface area contributed by atoms with Crippen LogP contribution in [0.2, 0.25) is 0 Å². The molecule has 0 spiro atoms. The Hall–Kier alpha value is -3.93. The van der Waals surface area contributed by atoms with Gasteiger partial charge >= 0.3 is 17.9 Å². The highest BCUT2D eigenvalue weighted by molar-refractivity contribution is 5.71. The second-order valence-corrected chi connectivity index (χ2v) is 17.1. The van der Waals surface area contributed by atoms with Crippen molar-refractivity contribution in [2.75, 3.05) is 13.2 Å². The van der Waals surface area contributed by atoms with Gasteiger partial charge in [0.25, 0.3) is 0 Å². The minimum absolute atomic E-state index is 0.106. The highest BCUT2D eigenvalue weighted by Gasteiger charge is 2.19. The van der Waals surface area contributed by atoms with Gasteiger partial charge in [0.1, 0.15) is 13.2 Å². The van der Waals surface area contributed by atoms with Crippen LogP contribution in [0.3, 0.4) is 0 Å². The summed E-state index contributed by atoms with van der Waals surface area (Å²) in [5.41, 5.74) is 0. The van der Waals surface area contributed by atoms with E-state index >= 15 is 0 Å². The van der Waals surface area contributed by atoms with E-state index in [4.69, 9.17) is 14.2 Å². The topological polar surface area (TPSA) is 78.9 Å². The second kappa shape index (κ2) is 52.7. The molecule has 0 aliphatic heterocycles. The molecule has 0 aliphatic rings. The lowest BCUT2D eigenvalue weighted by atomic mass is 10.0. The third-order valence-corrected chi connectivity index (χ3v) is 10.9. The quantitative estimate of drug-likeness (QED) is 0.0199. The summed E-state index contributed by atoms with van der Waals surface area (Å²) in [6.45, 7) is 6.31. The first-order chi connectivity index (χ1) is 32.0. The van der Waals surface area contributed by atoms with E-state index in [0.29, 0.717) is 12.8 Å². The maximum absolute atomic E-state index is 12.8. The number of allylic oxidation sites excluding steroid dienone is 18. The summed E-state index contributed by atoms with van der Waals surface area (Å²) in [6, 6.07) is 0. The van der Waals surface area contributed by atoms with E-state index in [9.17, 15) is 14.4 Å². The molecule has 0 aromatic heterocycles. The summed E-state index contributed by atoms with van der Waals surface area (Å²) >= 11 is 0. The molecular formula is C59H96O6. The lowest BCUT2D eigenvalue weighted by Crippen LogP contribution is -2.30. The number of rotatable bonds is 46. The van der Waals surface area contributed by atoms with Crippen molar-refractivity contribution in [3.8, 4) is 0 Å². The van der Waals surface area contributed by atoms with Gasteiger partial charge in [0.05, 0.1) is 0 Å². The fourth-order valence-corrected chi connectivity index (χ4v) is 6.96. The third kappa shape index (κ3) is 50.9. The van der Waals surface area contributed by atoms with E-state index in [-0.39, 0.29) is 44.0 Å². The van der Waals surface area contributed by atoms with Gasteiger partial charge < -0.3 is 14.2 Å². The fraction of sp³-hybridized carbons (Fsp3) is 0.644. The lowest BCUT2D eigenvalue weighted by molar-refractivity contribution is -0.167. The summed E-state index contributed by atoms with van der Waals surface area (Å²) in [5, 5.41) is 0. The summed E-state index contributed by atoms with van der Waals surface area (Å²) in [6.07, 6.45) is 70.7. The zero-order valence-electron chi connectivity index (χ0n) is 42.0. The van der Waals surface area contributed by atoms with Gasteiger partial charge in [-0.15, -0.1) is 0 Å². The van der Waals surface area contributed by atoms with Gasteiger partial charge in [-0.3, -0.25) is 14.4 Å². The second-order valence-electron chi connectivity index (χ2n) is 17.1. The average Bonchev–Trinajstić information content (AvgIpc) is 3.30. The maximum Gasteiger partial charge on any atom is 0.306 e. The standard InChI is InChI=1S/C59H96O6/c1-4-7-10-13-16-19-22-25-28-29-32-34-37-40-43-46-49-52-58(61)64-55-56(65-59(62)53-50-47-44-41-38-35-31-27-24-21-18-15-12-9-6-3)54-63-57(60)51-48-45-42-39-36-33-30-26-23-20-17-14-11-8-5-2/h7,9-10,12,15-16,18-19,21,24-25,27-28,31-32,34,40,43,56H,4-6,8,11,13-14,17,20,22-23,26,29-30,33,35-39,41-42,44-55H2,1-3H3/b10-7-,12-9-,18-15-,19-16-,24-21-,28-25-,31-27-,34-32-,43-40-. The Balaban J connectivity index is 4.52. The molecule has 0 heterocycles. The zero-order chi connectivity index (χ0) is 47.2. The smallest absolute Gasteiger partial charge is 0.306 e. The van der Waals surface area contributed by atoms with Crippen LogP contribution in [0, 0.1) is 0 Å². The van der Waals surface area contributed by atoms with E-state index in [1.165, 1.54) is 77.0 Å². The van der Waals surface area contributed by atoms with Gasteiger partial charge in [-0.25, -0.2) is 0 Å². The van der Waals surface area contributed by atoms with E-state index in [1.54, 1.807) is 0 Å². The summed E-state index contributed by atoms with van der Waals surface area (Å²) in [4.78, 5) is 38.0. The number of esters is 3. The minimum atomic E-state index is -0.813.